The third-order valence-electron chi connectivity index (χ3n) is 5.66. The number of carbonyl (C=O) groups excluding carboxylic acids is 2. The van der Waals surface area contributed by atoms with Crippen LogP contribution in [0.2, 0.25) is 0 Å². The maximum absolute atomic E-state index is 13.1. The van der Waals surface area contributed by atoms with Crippen molar-refractivity contribution in [3.05, 3.63) is 41.5 Å². The number of benzene rings is 2. The summed E-state index contributed by atoms with van der Waals surface area (Å²) in [5.74, 6) is -0.359. The van der Waals surface area contributed by atoms with Crippen molar-refractivity contribution in [2.75, 3.05) is 44.3 Å². The third-order valence-corrected chi connectivity index (χ3v) is 5.66. The van der Waals surface area contributed by atoms with Gasteiger partial charge in [0.15, 0.2) is 0 Å². The van der Waals surface area contributed by atoms with E-state index < -0.39 is 0 Å². The topological polar surface area (TPSA) is 75.9 Å². The number of unbranched alkanes of at least 4 members (excludes halogenated alkanes) is 3. The lowest BCUT2D eigenvalue weighted by molar-refractivity contribution is 0.0607. The number of carbonyl (C=O) groups is 2. The van der Waals surface area contributed by atoms with Crippen LogP contribution in [0, 0.1) is 0 Å². The number of anilines is 1. The Bertz CT molecular complexity index is 868. The molecule has 0 spiro atoms. The highest BCUT2D eigenvalue weighted by atomic mass is 16.5. The minimum absolute atomic E-state index is 0.180. The molecule has 4 rings (SSSR count). The molecule has 0 unspecified atom stereocenters. The normalized spacial score (nSPS) is 16.9. The summed E-state index contributed by atoms with van der Waals surface area (Å²) < 4.78 is 5.46. The first-order valence-corrected chi connectivity index (χ1v) is 10.2. The van der Waals surface area contributed by atoms with Gasteiger partial charge in [-0.15, -0.1) is 0 Å². The van der Waals surface area contributed by atoms with E-state index >= 15 is 0 Å². The van der Waals surface area contributed by atoms with Gasteiger partial charge < -0.3 is 15.4 Å². The van der Waals surface area contributed by atoms with E-state index in [4.69, 9.17) is 10.5 Å². The Labute approximate surface area is 165 Å². The number of nitrogens with zero attached hydrogens (tertiary/aromatic N) is 2. The summed E-state index contributed by atoms with van der Waals surface area (Å²) in [5.41, 5.74) is 7.86. The number of hydrogen-bond donors (Lipinski definition) is 1. The molecule has 0 atom stereocenters. The second kappa shape index (κ2) is 8.29. The lowest BCUT2D eigenvalue weighted by Gasteiger charge is -2.32. The van der Waals surface area contributed by atoms with E-state index in [1.807, 2.05) is 30.3 Å². The molecule has 6 nitrogen and oxygen atoms in total. The molecule has 1 saturated heterocycles. The molecular weight excluding hydrogens is 354 g/mol. The fourth-order valence-corrected chi connectivity index (χ4v) is 4.18. The SMILES string of the molecule is NCCCCCCN1C(=O)c2cccc3c(N4CCOCC4)ccc(c23)C1=O. The van der Waals surface area contributed by atoms with Gasteiger partial charge in [0.25, 0.3) is 11.8 Å². The summed E-state index contributed by atoms with van der Waals surface area (Å²) in [4.78, 5) is 29.8. The van der Waals surface area contributed by atoms with Gasteiger partial charge in [-0.3, -0.25) is 14.5 Å². The molecule has 28 heavy (non-hydrogen) atoms. The number of amides is 2. The maximum atomic E-state index is 13.1. The molecule has 2 amide bonds. The zero-order valence-electron chi connectivity index (χ0n) is 16.2. The largest absolute Gasteiger partial charge is 0.378 e. The number of imide groups is 1. The Balaban J connectivity index is 1.65. The van der Waals surface area contributed by atoms with Gasteiger partial charge in [0, 0.05) is 47.2 Å². The Kier molecular flexibility index (Phi) is 5.59. The molecular formula is C22H27N3O3. The van der Waals surface area contributed by atoms with Crippen molar-refractivity contribution < 1.29 is 14.3 Å². The predicted octanol–water partition coefficient (Wildman–Crippen LogP) is 2.79. The molecule has 148 valence electrons. The van der Waals surface area contributed by atoms with E-state index in [-0.39, 0.29) is 11.8 Å². The van der Waals surface area contributed by atoms with Crippen LogP contribution in [0.4, 0.5) is 5.69 Å². The molecule has 2 heterocycles. The lowest BCUT2D eigenvalue weighted by Crippen LogP contribution is -2.41. The van der Waals surface area contributed by atoms with Crippen molar-refractivity contribution >= 4 is 28.3 Å². The molecule has 6 heteroatoms. The Morgan fingerprint density at radius 2 is 1.61 bits per heavy atom. The van der Waals surface area contributed by atoms with Crippen LogP contribution in [0.3, 0.4) is 0 Å². The standard InChI is InChI=1S/C22H27N3O3/c23-10-3-1-2-4-11-25-21(26)17-7-5-6-16-19(24-12-14-28-15-13-24)9-8-18(20(16)17)22(25)27/h5-9H,1-4,10-15,23H2. The summed E-state index contributed by atoms with van der Waals surface area (Å²) in [6.07, 6.45) is 3.80. The van der Waals surface area contributed by atoms with Crippen LogP contribution in [0.1, 0.15) is 46.4 Å². The van der Waals surface area contributed by atoms with Gasteiger partial charge in [0.05, 0.1) is 13.2 Å². The van der Waals surface area contributed by atoms with Gasteiger partial charge in [-0.2, -0.15) is 0 Å². The van der Waals surface area contributed by atoms with Crippen LogP contribution in [0.25, 0.3) is 10.8 Å². The molecule has 0 aromatic heterocycles. The van der Waals surface area contributed by atoms with Crippen molar-refractivity contribution in [1.82, 2.24) is 4.90 Å². The zero-order valence-corrected chi connectivity index (χ0v) is 16.2. The summed E-state index contributed by atoms with van der Waals surface area (Å²) in [6, 6.07) is 9.66. The van der Waals surface area contributed by atoms with Gasteiger partial charge in [0.1, 0.15) is 0 Å². The van der Waals surface area contributed by atoms with E-state index in [0.29, 0.717) is 37.4 Å². The minimum Gasteiger partial charge on any atom is -0.378 e. The van der Waals surface area contributed by atoms with Crippen molar-refractivity contribution in [2.24, 2.45) is 5.73 Å². The number of nitrogens with two attached hydrogens (primary N) is 1. The highest BCUT2D eigenvalue weighted by molar-refractivity contribution is 6.26. The number of rotatable bonds is 7. The number of hydrogen-bond acceptors (Lipinski definition) is 5. The Hall–Kier alpha value is -2.44. The highest BCUT2D eigenvalue weighted by Gasteiger charge is 2.33. The highest BCUT2D eigenvalue weighted by Crippen LogP contribution is 2.36. The first-order chi connectivity index (χ1) is 13.7. The van der Waals surface area contributed by atoms with Gasteiger partial charge in [-0.25, -0.2) is 0 Å². The van der Waals surface area contributed by atoms with Crippen molar-refractivity contribution in [1.29, 1.82) is 0 Å². The first-order valence-electron chi connectivity index (χ1n) is 10.2. The Morgan fingerprint density at radius 1 is 0.893 bits per heavy atom. The van der Waals surface area contributed by atoms with Gasteiger partial charge >= 0.3 is 0 Å². The summed E-state index contributed by atoms with van der Waals surface area (Å²) in [5, 5.41) is 1.77. The monoisotopic (exact) mass is 381 g/mol. The van der Waals surface area contributed by atoms with E-state index in [2.05, 4.69) is 4.90 Å². The molecule has 0 radical (unpaired) electrons. The summed E-state index contributed by atoms with van der Waals surface area (Å²) in [7, 11) is 0. The molecule has 0 aliphatic carbocycles. The fraction of sp³-hybridized carbons (Fsp3) is 0.455. The van der Waals surface area contributed by atoms with Crippen molar-refractivity contribution in [3.8, 4) is 0 Å². The van der Waals surface area contributed by atoms with Crippen molar-refractivity contribution in [2.45, 2.75) is 25.7 Å². The predicted molar refractivity (Wildman–Crippen MR) is 110 cm³/mol. The second-order valence-electron chi connectivity index (χ2n) is 7.42. The smallest absolute Gasteiger partial charge is 0.261 e. The molecule has 0 saturated carbocycles. The molecule has 2 aromatic carbocycles. The van der Waals surface area contributed by atoms with Gasteiger partial charge in [0.2, 0.25) is 0 Å². The van der Waals surface area contributed by atoms with Crippen LogP contribution in [-0.2, 0) is 4.74 Å². The number of ether oxygens (including phenoxy) is 1. The van der Waals surface area contributed by atoms with E-state index in [1.165, 1.54) is 4.90 Å². The first kappa shape index (κ1) is 18.9. The van der Waals surface area contributed by atoms with E-state index in [1.54, 1.807) is 0 Å². The van der Waals surface area contributed by atoms with Gasteiger partial charge in [-0.05, 0) is 37.6 Å². The maximum Gasteiger partial charge on any atom is 0.261 e. The van der Waals surface area contributed by atoms with Crippen LogP contribution in [-0.4, -0.2) is 56.1 Å². The molecule has 2 aliphatic rings. The van der Waals surface area contributed by atoms with Crippen molar-refractivity contribution in [3.63, 3.8) is 0 Å². The summed E-state index contributed by atoms with van der Waals surface area (Å²) in [6.45, 7) is 4.16. The molecule has 1 fully saturated rings. The number of morpholine rings is 1. The summed E-state index contributed by atoms with van der Waals surface area (Å²) >= 11 is 0. The molecule has 2 aromatic rings. The lowest BCUT2D eigenvalue weighted by atomic mass is 9.92. The zero-order chi connectivity index (χ0) is 19.5. The molecule has 0 bridgehead atoms. The average molecular weight is 381 g/mol. The minimum atomic E-state index is -0.180. The average Bonchev–Trinajstić information content (AvgIpc) is 2.74. The van der Waals surface area contributed by atoms with Crippen LogP contribution >= 0.6 is 0 Å². The quantitative estimate of drug-likeness (QED) is 0.590. The fourth-order valence-electron chi connectivity index (χ4n) is 4.18. The van der Waals surface area contributed by atoms with E-state index in [0.717, 1.165) is 55.2 Å². The second-order valence-corrected chi connectivity index (χ2v) is 7.42. The molecule has 2 aliphatic heterocycles. The molecule has 2 N–H and O–H groups in total. The van der Waals surface area contributed by atoms with Gasteiger partial charge in [-0.1, -0.05) is 25.0 Å². The third kappa shape index (κ3) is 3.38. The van der Waals surface area contributed by atoms with E-state index in [9.17, 15) is 9.59 Å². The van der Waals surface area contributed by atoms with Crippen LogP contribution < -0.4 is 10.6 Å². The van der Waals surface area contributed by atoms with Crippen LogP contribution in [0.15, 0.2) is 30.3 Å². The van der Waals surface area contributed by atoms with Crippen LogP contribution in [0.5, 0.6) is 0 Å². The Morgan fingerprint density at radius 3 is 2.36 bits per heavy atom.